The van der Waals surface area contributed by atoms with Crippen LogP contribution in [0.25, 0.3) is 0 Å². The molecule has 3 nitrogen and oxygen atoms in total. The Morgan fingerprint density at radius 1 is 1.36 bits per heavy atom. The molecule has 4 N–H and O–H groups in total. The average Bonchev–Trinajstić information content (AvgIpc) is 1.88. The Bertz CT molecular complexity index is 262. The monoisotopic (exact) mass is 173 g/mol. The van der Waals surface area contributed by atoms with E-state index in [1.165, 1.54) is 0 Å². The smallest absolute Gasteiger partial charge is 0.218 e. The molecule has 1 aromatic rings. The molecule has 1 unspecified atom stereocenters. The van der Waals surface area contributed by atoms with Crippen LogP contribution >= 0.6 is 8.03 Å². The number of hydrogen-bond donors (Lipinski definition) is 2. The normalized spacial score (nSPS) is 11.8. The van der Waals surface area contributed by atoms with Gasteiger partial charge in [-0.25, -0.2) is 0 Å². The van der Waals surface area contributed by atoms with Gasteiger partial charge in [-0.1, -0.05) is 18.2 Å². The van der Waals surface area contributed by atoms with Crippen LogP contribution in [0.1, 0.15) is 5.56 Å². The Morgan fingerprint density at radius 3 is 2.27 bits per heavy atom. The number of hydrogen-bond acceptors (Lipinski definition) is 2. The topological polar surface area (TPSA) is 72.3 Å². The van der Waals surface area contributed by atoms with Crippen LogP contribution < -0.4 is 11.5 Å². The first-order valence-corrected chi connectivity index (χ1v) is 4.36. The predicted octanol–water partition coefficient (Wildman–Crippen LogP) is 1.25. The predicted molar refractivity (Wildman–Crippen MR) is 47.1 cm³/mol. The highest BCUT2D eigenvalue weighted by molar-refractivity contribution is 7.47. The molecule has 1 aromatic carbocycles. The molecule has 0 bridgehead atoms. The van der Waals surface area contributed by atoms with Crippen molar-refractivity contribution in [3.8, 4) is 0 Å². The molecule has 0 saturated carbocycles. The summed E-state index contributed by atoms with van der Waals surface area (Å²) < 4.78 is 10.6. The van der Waals surface area contributed by atoms with Gasteiger partial charge in [0.25, 0.3) is 0 Å². The molecule has 0 spiro atoms. The van der Waals surface area contributed by atoms with Crippen molar-refractivity contribution in [2.45, 2.75) is 6.92 Å². The molecule has 0 aromatic heterocycles. The molecule has 0 aliphatic carbocycles. The third-order valence-electron chi connectivity index (χ3n) is 1.38. The van der Waals surface area contributed by atoms with E-state index in [0.29, 0.717) is 5.30 Å². The second-order valence-electron chi connectivity index (χ2n) is 2.12. The maximum atomic E-state index is 10.6. The molecule has 1 atom stereocenters. The van der Waals surface area contributed by atoms with Gasteiger partial charge in [0.05, 0.1) is 0 Å². The van der Waals surface area contributed by atoms with E-state index in [9.17, 15) is 4.57 Å². The van der Waals surface area contributed by atoms with Gasteiger partial charge in [0, 0.05) is 5.30 Å². The minimum absolute atomic E-state index is 0. The van der Waals surface area contributed by atoms with Crippen molar-refractivity contribution in [2.75, 3.05) is 0 Å². The van der Waals surface area contributed by atoms with Gasteiger partial charge < -0.3 is 11.0 Å². The van der Waals surface area contributed by atoms with Crippen molar-refractivity contribution in [3.05, 3.63) is 29.8 Å². The maximum Gasteiger partial charge on any atom is 0.218 e. The number of rotatable bonds is 1. The van der Waals surface area contributed by atoms with Gasteiger partial charge in [0.1, 0.15) is 0 Å². The van der Waals surface area contributed by atoms with Crippen molar-refractivity contribution < 1.29 is 9.46 Å². The van der Waals surface area contributed by atoms with Crippen LogP contribution in [0, 0.1) is 6.92 Å². The first-order valence-electron chi connectivity index (χ1n) is 3.01. The van der Waals surface area contributed by atoms with Crippen molar-refractivity contribution in [1.82, 2.24) is 6.15 Å². The molecule has 62 valence electrons. The molecule has 11 heavy (non-hydrogen) atoms. The van der Waals surface area contributed by atoms with E-state index in [4.69, 9.17) is 4.89 Å². The quantitative estimate of drug-likeness (QED) is 0.627. The molecular weight excluding hydrogens is 161 g/mol. The van der Waals surface area contributed by atoms with Gasteiger partial charge in [-0.3, -0.25) is 4.57 Å². The zero-order valence-electron chi connectivity index (χ0n) is 6.37. The molecule has 0 saturated heterocycles. The summed E-state index contributed by atoms with van der Waals surface area (Å²) in [6.45, 7) is 1.83. The lowest BCUT2D eigenvalue weighted by Crippen LogP contribution is -1.99. The molecular formula is C7H12NO2P. The van der Waals surface area contributed by atoms with Gasteiger partial charge in [-0.2, -0.15) is 0 Å². The van der Waals surface area contributed by atoms with Crippen LogP contribution in [0.5, 0.6) is 0 Å². The van der Waals surface area contributed by atoms with Crippen LogP contribution in [-0.2, 0) is 4.57 Å². The van der Waals surface area contributed by atoms with Crippen molar-refractivity contribution >= 4 is 13.3 Å². The van der Waals surface area contributed by atoms with Gasteiger partial charge in [-0.05, 0) is 18.6 Å². The minimum atomic E-state index is -2.49. The highest BCUT2D eigenvalue weighted by Gasteiger charge is 1.99. The molecule has 0 aliphatic heterocycles. The fraction of sp³-hybridized carbons (Fsp3) is 0.143. The largest absolute Gasteiger partial charge is 0.344 e. The summed E-state index contributed by atoms with van der Waals surface area (Å²) in [5.41, 5.74) is 0.883. The van der Waals surface area contributed by atoms with Gasteiger partial charge in [0.2, 0.25) is 8.03 Å². The zero-order chi connectivity index (χ0) is 7.56. The van der Waals surface area contributed by atoms with Crippen molar-refractivity contribution in [3.63, 3.8) is 0 Å². The maximum absolute atomic E-state index is 10.6. The Hall–Kier alpha value is -0.630. The lowest BCUT2D eigenvalue weighted by molar-refractivity contribution is 0.513. The Morgan fingerprint density at radius 2 is 1.91 bits per heavy atom. The van der Waals surface area contributed by atoms with Gasteiger partial charge >= 0.3 is 0 Å². The fourth-order valence-electron chi connectivity index (χ4n) is 0.813. The number of aryl methyl sites for hydroxylation is 1. The average molecular weight is 173 g/mol. The lowest BCUT2D eigenvalue weighted by atomic mass is 10.2. The van der Waals surface area contributed by atoms with Crippen molar-refractivity contribution in [1.29, 1.82) is 0 Å². The van der Waals surface area contributed by atoms with E-state index >= 15 is 0 Å². The number of benzene rings is 1. The summed E-state index contributed by atoms with van der Waals surface area (Å²) in [7, 11) is -2.49. The summed E-state index contributed by atoms with van der Waals surface area (Å²) in [5.74, 6) is 0. The summed E-state index contributed by atoms with van der Waals surface area (Å²) >= 11 is 0. The highest BCUT2D eigenvalue weighted by Crippen LogP contribution is 2.14. The molecule has 0 aliphatic rings. The molecule has 0 fully saturated rings. The zero-order valence-corrected chi connectivity index (χ0v) is 7.37. The van der Waals surface area contributed by atoms with E-state index in [1.807, 2.05) is 19.1 Å². The summed E-state index contributed by atoms with van der Waals surface area (Å²) in [5, 5.41) is 0.563. The summed E-state index contributed by atoms with van der Waals surface area (Å²) in [6, 6.07) is 7.12. The second-order valence-corrected chi connectivity index (χ2v) is 3.27. The third-order valence-corrected chi connectivity index (χ3v) is 2.40. The molecule has 0 radical (unpaired) electrons. The SMILES string of the molecule is Cc1ccccc1[PH](=O)O.N. The fourth-order valence-corrected chi connectivity index (χ4v) is 1.47. The molecule has 1 rings (SSSR count). The molecule has 4 heteroatoms. The molecule has 0 heterocycles. The summed E-state index contributed by atoms with van der Waals surface area (Å²) in [4.78, 5) is 8.75. The van der Waals surface area contributed by atoms with Crippen LogP contribution in [0.2, 0.25) is 0 Å². The Labute approximate surface area is 66.5 Å². The van der Waals surface area contributed by atoms with E-state index in [-0.39, 0.29) is 6.15 Å². The van der Waals surface area contributed by atoms with Crippen molar-refractivity contribution in [2.24, 2.45) is 0 Å². The van der Waals surface area contributed by atoms with Crippen LogP contribution in [0.4, 0.5) is 0 Å². The van der Waals surface area contributed by atoms with Crippen LogP contribution in [0.15, 0.2) is 24.3 Å². The lowest BCUT2D eigenvalue weighted by Gasteiger charge is -1.97. The first-order chi connectivity index (χ1) is 4.72. The highest BCUT2D eigenvalue weighted by atomic mass is 31.1. The van der Waals surface area contributed by atoms with E-state index in [0.717, 1.165) is 5.56 Å². The van der Waals surface area contributed by atoms with E-state index in [1.54, 1.807) is 12.1 Å². The minimum Gasteiger partial charge on any atom is -0.344 e. The third kappa shape index (κ3) is 2.46. The van der Waals surface area contributed by atoms with E-state index < -0.39 is 8.03 Å². The Balaban J connectivity index is 0.000001000. The van der Waals surface area contributed by atoms with E-state index in [2.05, 4.69) is 0 Å². The van der Waals surface area contributed by atoms with Gasteiger partial charge in [0.15, 0.2) is 0 Å². The second kappa shape index (κ2) is 4.29. The standard InChI is InChI=1S/C7H9O2P.H3N/c1-6-4-2-3-5-7(6)10(8)9;/h2-5,10H,1H3,(H,8,9);1H3. The van der Waals surface area contributed by atoms with Crippen LogP contribution in [-0.4, -0.2) is 4.89 Å². The first kappa shape index (κ1) is 10.4. The summed E-state index contributed by atoms with van der Waals surface area (Å²) in [6.07, 6.45) is 0. The molecule has 0 amide bonds. The Kier molecular flexibility index (Phi) is 4.04. The van der Waals surface area contributed by atoms with Gasteiger partial charge in [-0.15, -0.1) is 0 Å². The van der Waals surface area contributed by atoms with Crippen LogP contribution in [0.3, 0.4) is 0 Å².